The smallest absolute Gasteiger partial charge is 0.249 e. The summed E-state index contributed by atoms with van der Waals surface area (Å²) < 4.78 is 3.77. The molecule has 1 fully saturated rings. The first-order valence-electron chi connectivity index (χ1n) is 8.95. The second kappa shape index (κ2) is 6.71. The van der Waals surface area contributed by atoms with E-state index >= 15 is 0 Å². The summed E-state index contributed by atoms with van der Waals surface area (Å²) in [5, 5.41) is 24.3. The number of aliphatic hydroxyl groups is 1. The first kappa shape index (κ1) is 18.6. The van der Waals surface area contributed by atoms with Crippen LogP contribution in [-0.2, 0) is 27.5 Å². The highest BCUT2D eigenvalue weighted by atomic mass is 32.1. The first-order valence-corrected chi connectivity index (χ1v) is 9.77. The van der Waals surface area contributed by atoms with Gasteiger partial charge in [-0.3, -0.25) is 9.59 Å². The molecule has 4 rings (SSSR count). The largest absolute Gasteiger partial charge is 0.543 e. The van der Waals surface area contributed by atoms with Crippen LogP contribution in [0, 0.1) is 11.8 Å². The van der Waals surface area contributed by atoms with Gasteiger partial charge < -0.3 is 25.2 Å². The third-order valence-electron chi connectivity index (χ3n) is 5.54. The van der Waals surface area contributed by atoms with E-state index in [1.54, 1.807) is 6.92 Å². The molecular formula is C18H20N4O5S. The minimum absolute atomic E-state index is 0.0719. The van der Waals surface area contributed by atoms with Crippen LogP contribution in [0.2, 0.25) is 0 Å². The van der Waals surface area contributed by atoms with Gasteiger partial charge in [0.1, 0.15) is 18.9 Å². The number of amides is 2. The van der Waals surface area contributed by atoms with Crippen LogP contribution >= 0.6 is 11.3 Å². The third-order valence-corrected chi connectivity index (χ3v) is 6.58. The van der Waals surface area contributed by atoms with Crippen LogP contribution in [0.3, 0.4) is 0 Å². The Morgan fingerprint density at radius 1 is 1.54 bits per heavy atom. The molecule has 2 aliphatic heterocycles. The van der Waals surface area contributed by atoms with Crippen molar-refractivity contribution in [2.45, 2.75) is 39.1 Å². The van der Waals surface area contributed by atoms with Crippen LogP contribution in [0.15, 0.2) is 30.0 Å². The maximum atomic E-state index is 12.4. The standard InChI is InChI=1S/C18H20N4O5S/c1-9-12(16(18(26)27)22-15(9)14(10(2)24)17(22)25)5-20-6-13-21(8-20)4-11(28-13)3-19-7-23/h4,6-10,14-15,24H,3,5H2,1-2H3,(H-,19,23,26,27)/t9-,10+,14+,15+/m0/s1. The highest BCUT2D eigenvalue weighted by Crippen LogP contribution is 2.46. The molecule has 2 amide bonds. The summed E-state index contributed by atoms with van der Waals surface area (Å²) in [5.41, 5.74) is 0.546. The lowest BCUT2D eigenvalue weighted by atomic mass is 9.78. The molecule has 0 saturated carbocycles. The van der Waals surface area contributed by atoms with Crippen molar-refractivity contribution in [1.29, 1.82) is 0 Å². The summed E-state index contributed by atoms with van der Waals surface area (Å²) in [5.74, 6) is -2.51. The van der Waals surface area contributed by atoms with Crippen LogP contribution in [0.1, 0.15) is 18.7 Å². The van der Waals surface area contributed by atoms with E-state index in [0.29, 0.717) is 25.1 Å². The molecule has 0 aromatic carbocycles. The number of nitrogens with zero attached hydrogens (tertiary/aromatic N) is 3. The molecule has 0 bridgehead atoms. The van der Waals surface area contributed by atoms with E-state index in [4.69, 9.17) is 0 Å². The van der Waals surface area contributed by atoms with E-state index in [0.717, 1.165) is 9.71 Å². The van der Waals surface area contributed by atoms with Crippen molar-refractivity contribution < 1.29 is 29.2 Å². The van der Waals surface area contributed by atoms with E-state index < -0.39 is 18.0 Å². The maximum absolute atomic E-state index is 12.4. The number of aliphatic hydroxyl groups excluding tert-OH is 1. The minimum Gasteiger partial charge on any atom is -0.543 e. The Morgan fingerprint density at radius 2 is 2.29 bits per heavy atom. The third kappa shape index (κ3) is 2.71. The van der Waals surface area contributed by atoms with Gasteiger partial charge in [-0.1, -0.05) is 18.3 Å². The summed E-state index contributed by atoms with van der Waals surface area (Å²) in [6, 6.07) is -0.347. The summed E-state index contributed by atoms with van der Waals surface area (Å²) in [4.78, 5) is 37.8. The minimum atomic E-state index is -1.37. The summed E-state index contributed by atoms with van der Waals surface area (Å²) in [6.07, 6.45) is 5.46. The van der Waals surface area contributed by atoms with Crippen LogP contribution in [0.5, 0.6) is 0 Å². The lowest BCUT2D eigenvalue weighted by Crippen LogP contribution is -2.64. The van der Waals surface area contributed by atoms with Crippen molar-refractivity contribution in [2.24, 2.45) is 11.8 Å². The number of thiazole rings is 1. The number of aromatic nitrogens is 2. The molecule has 0 spiro atoms. The van der Waals surface area contributed by atoms with Gasteiger partial charge >= 0.3 is 0 Å². The van der Waals surface area contributed by atoms with Gasteiger partial charge in [-0.05, 0) is 6.92 Å². The predicted molar refractivity (Wildman–Crippen MR) is 95.4 cm³/mol. The van der Waals surface area contributed by atoms with Gasteiger partial charge in [0.15, 0.2) is 0 Å². The molecule has 4 atom stereocenters. The molecule has 1 saturated heterocycles. The van der Waals surface area contributed by atoms with Crippen LogP contribution in [-0.4, -0.2) is 44.8 Å². The molecule has 28 heavy (non-hydrogen) atoms. The second-order valence-corrected chi connectivity index (χ2v) is 8.42. The van der Waals surface area contributed by atoms with E-state index in [2.05, 4.69) is 5.32 Å². The number of hydrogen-bond acceptors (Lipinski definition) is 6. The van der Waals surface area contributed by atoms with E-state index in [1.165, 1.54) is 16.2 Å². The molecule has 0 aliphatic carbocycles. The Morgan fingerprint density at radius 3 is 2.89 bits per heavy atom. The zero-order valence-electron chi connectivity index (χ0n) is 15.4. The molecule has 4 heterocycles. The molecule has 2 aromatic rings. The van der Waals surface area contributed by atoms with Gasteiger partial charge in [0.25, 0.3) is 0 Å². The number of carboxylic acids is 1. The van der Waals surface area contributed by atoms with Crippen molar-refractivity contribution in [1.82, 2.24) is 14.6 Å². The lowest BCUT2D eigenvalue weighted by molar-refractivity contribution is -0.688. The zero-order valence-corrected chi connectivity index (χ0v) is 16.2. The second-order valence-electron chi connectivity index (χ2n) is 7.27. The Bertz CT molecular complexity index is 975. The number of fused-ring (bicyclic) bond motifs is 2. The highest BCUT2D eigenvalue weighted by molar-refractivity contribution is 7.17. The highest BCUT2D eigenvalue weighted by Gasteiger charge is 2.58. The summed E-state index contributed by atoms with van der Waals surface area (Å²) >= 11 is 1.52. The summed E-state index contributed by atoms with van der Waals surface area (Å²) in [6.45, 7) is 4.20. The van der Waals surface area contributed by atoms with Gasteiger partial charge in [0.2, 0.25) is 23.5 Å². The number of carbonyl (C=O) groups is 3. The molecule has 2 aliphatic rings. The van der Waals surface area contributed by atoms with Gasteiger partial charge in [-0.2, -0.15) is 4.40 Å². The fraction of sp³-hybridized carbons (Fsp3) is 0.444. The molecule has 10 heteroatoms. The van der Waals surface area contributed by atoms with Crippen molar-refractivity contribution in [2.75, 3.05) is 0 Å². The number of rotatable bonds is 7. The Labute approximate surface area is 164 Å². The Kier molecular flexibility index (Phi) is 4.47. The van der Waals surface area contributed by atoms with Gasteiger partial charge in [0, 0.05) is 11.5 Å². The molecular weight excluding hydrogens is 384 g/mol. The normalized spacial score (nSPS) is 25.0. The Balaban J connectivity index is 1.62. The van der Waals surface area contributed by atoms with Gasteiger partial charge in [0.05, 0.1) is 41.2 Å². The quantitative estimate of drug-likeness (QED) is 0.327. The SMILES string of the molecule is C[C@@H](O)[C@H]1C(=O)N2C(C(=O)[O-])=C(C[n+]3cc4sc(CNC=O)cn4c3)[C@H](C)[C@H]12. The maximum Gasteiger partial charge on any atom is 0.249 e. The van der Waals surface area contributed by atoms with Crippen LogP contribution in [0.4, 0.5) is 0 Å². The average molecular weight is 404 g/mol. The van der Waals surface area contributed by atoms with E-state index in [9.17, 15) is 24.6 Å². The van der Waals surface area contributed by atoms with Crippen molar-refractivity contribution in [3.05, 3.63) is 34.9 Å². The molecule has 0 unspecified atom stereocenters. The monoisotopic (exact) mass is 404 g/mol. The number of β-lactam (4-membered cyclic amide) rings is 1. The number of nitrogens with one attached hydrogen (secondary N) is 1. The van der Waals surface area contributed by atoms with E-state index in [1.807, 2.05) is 34.6 Å². The van der Waals surface area contributed by atoms with E-state index in [-0.39, 0.29) is 23.6 Å². The number of aliphatic carboxylic acids is 1. The van der Waals surface area contributed by atoms with Crippen LogP contribution < -0.4 is 15.0 Å². The van der Waals surface area contributed by atoms with Crippen molar-refractivity contribution in [3.8, 4) is 0 Å². The fourth-order valence-corrected chi connectivity index (χ4v) is 5.28. The topological polar surface area (TPSA) is 118 Å². The van der Waals surface area contributed by atoms with Crippen molar-refractivity contribution >= 4 is 34.5 Å². The molecule has 2 N–H and O–H groups in total. The number of carbonyl (C=O) groups excluding carboxylic acids is 3. The number of carboxylic acid groups (broad SMARTS) is 1. The lowest BCUT2D eigenvalue weighted by Gasteiger charge is -2.47. The average Bonchev–Trinajstić information content (AvgIpc) is 3.23. The molecule has 2 aromatic heterocycles. The molecule has 0 radical (unpaired) electrons. The van der Waals surface area contributed by atoms with Gasteiger partial charge in [-0.15, -0.1) is 0 Å². The number of hydrogen-bond donors (Lipinski definition) is 2. The Hall–Kier alpha value is -2.72. The number of imidazole rings is 1. The molecule has 148 valence electrons. The summed E-state index contributed by atoms with van der Waals surface area (Å²) in [7, 11) is 0. The molecule has 9 nitrogen and oxygen atoms in total. The zero-order chi connectivity index (χ0) is 20.2. The predicted octanol–water partition coefficient (Wildman–Crippen LogP) is -1.60. The first-order chi connectivity index (χ1) is 13.3. The van der Waals surface area contributed by atoms with Gasteiger partial charge in [-0.25, -0.2) is 4.57 Å². The van der Waals surface area contributed by atoms with Crippen LogP contribution in [0.25, 0.3) is 4.83 Å². The fourth-order valence-electron chi connectivity index (χ4n) is 4.30. The van der Waals surface area contributed by atoms with Crippen molar-refractivity contribution in [3.63, 3.8) is 0 Å².